The molecule has 1 aromatic carbocycles. The summed E-state index contributed by atoms with van der Waals surface area (Å²) in [7, 11) is 0. The van der Waals surface area contributed by atoms with Gasteiger partial charge in [-0.15, -0.1) is 0 Å². The summed E-state index contributed by atoms with van der Waals surface area (Å²) in [5, 5.41) is 8.63. The largest absolute Gasteiger partial charge is 0.508 e. The Hall–Kier alpha value is -1.31. The van der Waals surface area contributed by atoms with E-state index in [1.807, 2.05) is 33.8 Å². The van der Waals surface area contributed by atoms with Crippen LogP contribution in [0, 0.1) is 0 Å². The van der Waals surface area contributed by atoms with E-state index in [4.69, 9.17) is 9.90 Å². The van der Waals surface area contributed by atoms with E-state index in [1.165, 1.54) is 6.92 Å². The lowest BCUT2D eigenvalue weighted by molar-refractivity contribution is -0.106. The molecule has 0 fully saturated rings. The van der Waals surface area contributed by atoms with Crippen LogP contribution in [-0.4, -0.2) is 11.4 Å². The minimum atomic E-state index is 0.322. The van der Waals surface area contributed by atoms with Crippen molar-refractivity contribution >= 4 is 6.29 Å². The Labute approximate surface area is 87.6 Å². The number of aldehydes is 1. The maximum absolute atomic E-state index is 8.81. The van der Waals surface area contributed by atoms with Crippen molar-refractivity contribution in [3.8, 4) is 5.75 Å². The minimum Gasteiger partial charge on any atom is -0.508 e. The first-order valence-corrected chi connectivity index (χ1v) is 4.95. The molecule has 0 aliphatic rings. The second kappa shape index (κ2) is 22.6. The molecule has 0 radical (unpaired) electrons. The molecule has 2 nitrogen and oxygen atoms in total. The third-order valence-corrected chi connectivity index (χ3v) is 0.756. The molecule has 0 amide bonds. The van der Waals surface area contributed by atoms with Crippen molar-refractivity contribution in [1.29, 1.82) is 0 Å². The summed E-state index contributed by atoms with van der Waals surface area (Å²) in [5.41, 5.74) is 0. The van der Waals surface area contributed by atoms with E-state index in [2.05, 4.69) is 0 Å². The molecule has 0 spiro atoms. The Morgan fingerprint density at radius 3 is 1.43 bits per heavy atom. The summed E-state index contributed by atoms with van der Waals surface area (Å²) in [6.45, 7) is 9.44. The Kier molecular flexibility index (Phi) is 29.8. The van der Waals surface area contributed by atoms with Gasteiger partial charge in [-0.25, -0.2) is 0 Å². The van der Waals surface area contributed by atoms with Crippen molar-refractivity contribution in [2.24, 2.45) is 0 Å². The molecule has 0 bridgehead atoms. The summed E-state index contributed by atoms with van der Waals surface area (Å²) in [4.78, 5) is 8.81. The summed E-state index contributed by atoms with van der Waals surface area (Å²) >= 11 is 0. The van der Waals surface area contributed by atoms with Crippen LogP contribution in [0.2, 0.25) is 0 Å². The van der Waals surface area contributed by atoms with E-state index in [9.17, 15) is 0 Å². The molecule has 0 atom stereocenters. The lowest BCUT2D eigenvalue weighted by atomic mass is 10.3. The molecule has 0 aromatic heterocycles. The summed E-state index contributed by atoms with van der Waals surface area (Å²) in [6, 6.07) is 8.71. The number of benzene rings is 1. The van der Waals surface area contributed by atoms with Gasteiger partial charge in [0.25, 0.3) is 0 Å². The highest BCUT2D eigenvalue weighted by atomic mass is 16.3. The monoisotopic (exact) mass is 198 g/mol. The van der Waals surface area contributed by atoms with Gasteiger partial charge in [-0.2, -0.15) is 0 Å². The Morgan fingerprint density at radius 2 is 1.29 bits per heavy atom. The van der Waals surface area contributed by atoms with Crippen LogP contribution in [0.3, 0.4) is 0 Å². The van der Waals surface area contributed by atoms with Gasteiger partial charge < -0.3 is 9.90 Å². The predicted octanol–water partition coefficient (Wildman–Crippen LogP) is 3.65. The molecule has 2 heteroatoms. The van der Waals surface area contributed by atoms with Gasteiger partial charge in [0, 0.05) is 0 Å². The third kappa shape index (κ3) is 22.4. The zero-order valence-corrected chi connectivity index (χ0v) is 9.82. The number of carbonyl (C=O) groups excluding carboxylic acids is 1. The van der Waals surface area contributed by atoms with Crippen LogP contribution >= 0.6 is 0 Å². The third-order valence-electron chi connectivity index (χ3n) is 0.756. The van der Waals surface area contributed by atoms with E-state index >= 15 is 0 Å². The molecule has 0 unspecified atom stereocenters. The number of phenolic OH excluding ortho intramolecular Hbond substituents is 1. The molecular formula is C12H22O2. The Bertz CT molecular complexity index is 171. The Balaban J connectivity index is -0.000000148. The molecule has 0 saturated heterocycles. The quantitative estimate of drug-likeness (QED) is 0.646. The van der Waals surface area contributed by atoms with E-state index in [-0.39, 0.29) is 0 Å². The second-order valence-corrected chi connectivity index (χ2v) is 1.57. The fourth-order valence-corrected chi connectivity index (χ4v) is 0.428. The van der Waals surface area contributed by atoms with Crippen LogP contribution < -0.4 is 0 Å². The normalized spacial score (nSPS) is 6.07. The molecule has 1 rings (SSSR count). The molecular weight excluding hydrogens is 176 g/mol. The highest BCUT2D eigenvalue weighted by molar-refractivity contribution is 5.44. The zero-order chi connectivity index (χ0) is 11.8. The summed E-state index contributed by atoms with van der Waals surface area (Å²) in [5.74, 6) is 0.322. The first-order valence-electron chi connectivity index (χ1n) is 4.95. The first kappa shape index (κ1) is 18.5. The van der Waals surface area contributed by atoms with Gasteiger partial charge in [0.1, 0.15) is 12.0 Å². The average molecular weight is 198 g/mol. The summed E-state index contributed by atoms with van der Waals surface area (Å²) in [6.07, 6.45) is 0.750. The fourth-order valence-electron chi connectivity index (χ4n) is 0.428. The number of hydrogen-bond acceptors (Lipinski definition) is 2. The van der Waals surface area contributed by atoms with Gasteiger partial charge in [-0.1, -0.05) is 45.9 Å². The van der Waals surface area contributed by atoms with Crippen LogP contribution in [0.25, 0.3) is 0 Å². The number of phenols is 1. The van der Waals surface area contributed by atoms with Gasteiger partial charge in [0.2, 0.25) is 0 Å². The highest BCUT2D eigenvalue weighted by Gasteiger charge is 1.74. The standard InChI is InChI=1S/C6H6O.C2H4O.2C2H6/c7-6-4-2-1-3-5-6;1-2-3;2*1-2/h1-5,7H;2H,1H3;2*1-2H3. The number of carbonyl (C=O) groups is 1. The highest BCUT2D eigenvalue weighted by Crippen LogP contribution is 2.02. The van der Waals surface area contributed by atoms with Crippen molar-refractivity contribution in [2.75, 3.05) is 0 Å². The lowest BCUT2D eigenvalue weighted by Crippen LogP contribution is -1.56. The van der Waals surface area contributed by atoms with E-state index < -0.39 is 0 Å². The summed E-state index contributed by atoms with van der Waals surface area (Å²) < 4.78 is 0. The Morgan fingerprint density at radius 1 is 1.00 bits per heavy atom. The maximum atomic E-state index is 8.81. The van der Waals surface area contributed by atoms with Gasteiger partial charge in [-0.05, 0) is 19.1 Å². The first-order chi connectivity index (χ1) is 6.81. The number of para-hydroxylation sites is 1. The van der Waals surface area contributed by atoms with Crippen LogP contribution in [0.4, 0.5) is 0 Å². The average Bonchev–Trinajstić information content (AvgIpc) is 2.26. The van der Waals surface area contributed by atoms with Crippen molar-refractivity contribution in [1.82, 2.24) is 0 Å². The molecule has 14 heavy (non-hydrogen) atoms. The SMILES string of the molecule is CC.CC.CC=O.Oc1ccccc1. The topological polar surface area (TPSA) is 37.3 Å². The van der Waals surface area contributed by atoms with Crippen LogP contribution in [0.1, 0.15) is 34.6 Å². The van der Waals surface area contributed by atoms with Crippen molar-refractivity contribution in [3.63, 3.8) is 0 Å². The maximum Gasteiger partial charge on any atom is 0.116 e. The van der Waals surface area contributed by atoms with Crippen molar-refractivity contribution in [3.05, 3.63) is 30.3 Å². The van der Waals surface area contributed by atoms with Gasteiger partial charge >= 0.3 is 0 Å². The van der Waals surface area contributed by atoms with Crippen LogP contribution in [0.15, 0.2) is 30.3 Å². The smallest absolute Gasteiger partial charge is 0.116 e. The minimum absolute atomic E-state index is 0.322. The van der Waals surface area contributed by atoms with Gasteiger partial charge in [-0.3, -0.25) is 0 Å². The van der Waals surface area contributed by atoms with E-state index in [0.717, 1.165) is 6.29 Å². The van der Waals surface area contributed by atoms with Crippen LogP contribution in [0.5, 0.6) is 5.75 Å². The molecule has 1 N–H and O–H groups in total. The molecule has 0 aliphatic heterocycles. The van der Waals surface area contributed by atoms with E-state index in [0.29, 0.717) is 5.75 Å². The molecule has 82 valence electrons. The fraction of sp³-hybridized carbons (Fsp3) is 0.417. The number of aromatic hydroxyl groups is 1. The number of hydrogen-bond donors (Lipinski definition) is 1. The van der Waals surface area contributed by atoms with Crippen molar-refractivity contribution in [2.45, 2.75) is 34.6 Å². The second-order valence-electron chi connectivity index (χ2n) is 1.57. The predicted molar refractivity (Wildman–Crippen MR) is 62.5 cm³/mol. The number of rotatable bonds is 0. The lowest BCUT2D eigenvalue weighted by Gasteiger charge is -1.82. The van der Waals surface area contributed by atoms with Crippen molar-refractivity contribution < 1.29 is 9.90 Å². The molecule has 0 aliphatic carbocycles. The van der Waals surface area contributed by atoms with Crippen LogP contribution in [-0.2, 0) is 4.79 Å². The van der Waals surface area contributed by atoms with Gasteiger partial charge in [0.05, 0.1) is 0 Å². The van der Waals surface area contributed by atoms with E-state index in [1.54, 1.807) is 24.3 Å². The molecule has 1 aromatic rings. The zero-order valence-electron chi connectivity index (χ0n) is 9.82. The molecule has 0 saturated carbocycles. The molecule has 0 heterocycles. The van der Waals surface area contributed by atoms with Gasteiger partial charge in [0.15, 0.2) is 0 Å².